The van der Waals surface area contributed by atoms with Crippen molar-refractivity contribution in [2.75, 3.05) is 7.11 Å². The topological polar surface area (TPSA) is 73.9 Å². The molecule has 78 valence electrons. The van der Waals surface area contributed by atoms with Crippen molar-refractivity contribution in [3.8, 4) is 5.75 Å². The molecule has 15 heavy (non-hydrogen) atoms. The molecule has 0 aromatic heterocycles. The van der Waals surface area contributed by atoms with Crippen molar-refractivity contribution >= 4 is 11.9 Å². The molecule has 0 saturated carbocycles. The fraction of sp³-hybridized carbons (Fsp3) is 0.200. The highest BCUT2D eigenvalue weighted by atomic mass is 16.5. The molecule has 1 aromatic rings. The first kappa shape index (κ1) is 9.51. The molecule has 5 nitrogen and oxygen atoms in total. The van der Waals surface area contributed by atoms with Crippen molar-refractivity contribution in [3.05, 3.63) is 29.8 Å². The lowest BCUT2D eigenvalue weighted by atomic mass is 10.1. The van der Waals surface area contributed by atoms with Crippen LogP contribution in [0.25, 0.3) is 0 Å². The van der Waals surface area contributed by atoms with Crippen LogP contribution in [0.15, 0.2) is 29.3 Å². The number of methoxy groups -OCH3 is 1. The zero-order valence-corrected chi connectivity index (χ0v) is 8.14. The molecular formula is C10H10N2O3. The molecule has 0 radical (unpaired) electrons. The SMILES string of the molecule is COc1ccccc1C1OC(N)=NC1=O. The third kappa shape index (κ3) is 1.63. The van der Waals surface area contributed by atoms with Crippen LogP contribution in [-0.2, 0) is 9.53 Å². The lowest BCUT2D eigenvalue weighted by Crippen LogP contribution is -2.14. The second kappa shape index (κ2) is 3.61. The first-order valence-corrected chi connectivity index (χ1v) is 4.40. The lowest BCUT2D eigenvalue weighted by molar-refractivity contribution is -0.122. The number of carbonyl (C=O) groups is 1. The fourth-order valence-corrected chi connectivity index (χ4v) is 1.44. The van der Waals surface area contributed by atoms with E-state index in [-0.39, 0.29) is 6.02 Å². The molecular weight excluding hydrogens is 196 g/mol. The fourth-order valence-electron chi connectivity index (χ4n) is 1.44. The number of ether oxygens (including phenoxy) is 2. The summed E-state index contributed by atoms with van der Waals surface area (Å²) in [6.45, 7) is 0. The van der Waals surface area contributed by atoms with Crippen LogP contribution in [0, 0.1) is 0 Å². The van der Waals surface area contributed by atoms with Gasteiger partial charge < -0.3 is 15.2 Å². The molecule has 0 bridgehead atoms. The van der Waals surface area contributed by atoms with Crippen LogP contribution in [-0.4, -0.2) is 19.0 Å². The van der Waals surface area contributed by atoms with Gasteiger partial charge in [0.25, 0.3) is 11.9 Å². The van der Waals surface area contributed by atoms with Crippen LogP contribution >= 0.6 is 0 Å². The summed E-state index contributed by atoms with van der Waals surface area (Å²) in [5.74, 6) is 0.178. The maximum absolute atomic E-state index is 11.4. The van der Waals surface area contributed by atoms with Crippen LogP contribution < -0.4 is 10.5 Å². The molecule has 2 rings (SSSR count). The number of benzene rings is 1. The Balaban J connectivity index is 2.35. The largest absolute Gasteiger partial charge is 0.496 e. The number of nitrogens with zero attached hydrogens (tertiary/aromatic N) is 1. The summed E-state index contributed by atoms with van der Waals surface area (Å²) in [5, 5.41) is 0. The Morgan fingerprint density at radius 1 is 1.47 bits per heavy atom. The number of carbonyl (C=O) groups excluding carboxylic acids is 1. The zero-order valence-electron chi connectivity index (χ0n) is 8.14. The number of amides is 1. The van der Waals surface area contributed by atoms with Gasteiger partial charge in [-0.25, -0.2) is 0 Å². The Morgan fingerprint density at radius 3 is 2.80 bits per heavy atom. The second-order valence-electron chi connectivity index (χ2n) is 3.03. The molecule has 0 spiro atoms. The van der Waals surface area contributed by atoms with Gasteiger partial charge >= 0.3 is 0 Å². The highest BCUT2D eigenvalue weighted by Gasteiger charge is 2.31. The van der Waals surface area contributed by atoms with Gasteiger partial charge in [-0.2, -0.15) is 4.99 Å². The third-order valence-corrected chi connectivity index (χ3v) is 2.10. The van der Waals surface area contributed by atoms with Crippen LogP contribution in [0.2, 0.25) is 0 Å². The van der Waals surface area contributed by atoms with Crippen molar-refractivity contribution in [1.82, 2.24) is 0 Å². The van der Waals surface area contributed by atoms with Gasteiger partial charge in [0.15, 0.2) is 0 Å². The van der Waals surface area contributed by atoms with Gasteiger partial charge in [-0.3, -0.25) is 4.79 Å². The molecule has 1 unspecified atom stereocenters. The summed E-state index contributed by atoms with van der Waals surface area (Å²) in [7, 11) is 1.53. The van der Waals surface area contributed by atoms with Crippen molar-refractivity contribution < 1.29 is 14.3 Å². The second-order valence-corrected chi connectivity index (χ2v) is 3.03. The van der Waals surface area contributed by atoms with E-state index in [1.54, 1.807) is 18.2 Å². The number of rotatable bonds is 2. The number of aliphatic imine (C=N–C) groups is 1. The zero-order chi connectivity index (χ0) is 10.8. The summed E-state index contributed by atoms with van der Waals surface area (Å²) in [4.78, 5) is 14.9. The third-order valence-electron chi connectivity index (χ3n) is 2.10. The molecule has 1 atom stereocenters. The predicted molar refractivity (Wildman–Crippen MR) is 53.4 cm³/mol. The van der Waals surface area contributed by atoms with Crippen LogP contribution in [0.5, 0.6) is 5.75 Å². The Labute approximate surface area is 86.5 Å². The van der Waals surface area contributed by atoms with E-state index in [1.165, 1.54) is 7.11 Å². The van der Waals surface area contributed by atoms with Gasteiger partial charge in [-0.15, -0.1) is 0 Å². The van der Waals surface area contributed by atoms with Gasteiger partial charge in [-0.1, -0.05) is 18.2 Å². The Morgan fingerprint density at radius 2 is 2.20 bits per heavy atom. The number of nitrogens with two attached hydrogens (primary N) is 1. The monoisotopic (exact) mass is 206 g/mol. The lowest BCUT2D eigenvalue weighted by Gasteiger charge is -2.12. The van der Waals surface area contributed by atoms with Crippen molar-refractivity contribution in [2.45, 2.75) is 6.10 Å². The van der Waals surface area contributed by atoms with E-state index in [9.17, 15) is 4.79 Å². The molecule has 0 aliphatic carbocycles. The van der Waals surface area contributed by atoms with Gasteiger partial charge in [0.1, 0.15) is 5.75 Å². The van der Waals surface area contributed by atoms with Crippen LogP contribution in [0.3, 0.4) is 0 Å². The van der Waals surface area contributed by atoms with Crippen molar-refractivity contribution in [2.24, 2.45) is 10.7 Å². The first-order chi connectivity index (χ1) is 7.22. The Kier molecular flexibility index (Phi) is 2.29. The van der Waals surface area contributed by atoms with E-state index < -0.39 is 12.0 Å². The van der Waals surface area contributed by atoms with Crippen LogP contribution in [0.4, 0.5) is 0 Å². The van der Waals surface area contributed by atoms with E-state index in [4.69, 9.17) is 15.2 Å². The molecule has 5 heteroatoms. The van der Waals surface area contributed by atoms with Crippen molar-refractivity contribution in [1.29, 1.82) is 0 Å². The van der Waals surface area contributed by atoms with Gasteiger partial charge in [0.05, 0.1) is 7.11 Å². The first-order valence-electron chi connectivity index (χ1n) is 4.40. The standard InChI is InChI=1S/C10H10N2O3/c1-14-7-5-3-2-4-6(7)8-9(13)12-10(11)15-8/h2-5,8H,1H3,(H2,11,12,13). The maximum Gasteiger partial charge on any atom is 0.296 e. The molecule has 1 aliphatic heterocycles. The highest BCUT2D eigenvalue weighted by Crippen LogP contribution is 2.30. The minimum absolute atomic E-state index is 0.101. The quantitative estimate of drug-likeness (QED) is 0.769. The molecule has 1 heterocycles. The number of amidine groups is 1. The molecule has 1 aliphatic rings. The summed E-state index contributed by atoms with van der Waals surface area (Å²) in [6.07, 6.45) is -0.777. The minimum atomic E-state index is -0.777. The number of hydrogen-bond acceptors (Lipinski definition) is 4. The summed E-state index contributed by atoms with van der Waals surface area (Å²) < 4.78 is 10.2. The average molecular weight is 206 g/mol. The van der Waals surface area contributed by atoms with E-state index in [0.717, 1.165) is 0 Å². The number of hydrogen-bond donors (Lipinski definition) is 1. The molecule has 1 amide bonds. The van der Waals surface area contributed by atoms with Gasteiger partial charge in [0.2, 0.25) is 6.10 Å². The predicted octanol–water partition coefficient (Wildman–Crippen LogP) is 0.608. The summed E-state index contributed by atoms with van der Waals surface area (Å²) in [5.41, 5.74) is 5.94. The Hall–Kier alpha value is -2.04. The van der Waals surface area contributed by atoms with Crippen LogP contribution in [0.1, 0.15) is 11.7 Å². The smallest absolute Gasteiger partial charge is 0.296 e. The number of para-hydroxylation sites is 1. The summed E-state index contributed by atoms with van der Waals surface area (Å²) in [6, 6.07) is 7.00. The average Bonchev–Trinajstić information content (AvgIpc) is 2.57. The maximum atomic E-state index is 11.4. The van der Waals surface area contributed by atoms with E-state index in [2.05, 4.69) is 4.99 Å². The summed E-state index contributed by atoms with van der Waals surface area (Å²) >= 11 is 0. The van der Waals surface area contributed by atoms with Gasteiger partial charge in [0, 0.05) is 5.56 Å². The molecule has 2 N–H and O–H groups in total. The minimum Gasteiger partial charge on any atom is -0.496 e. The Bertz CT molecular complexity index is 428. The molecule has 0 saturated heterocycles. The van der Waals surface area contributed by atoms with E-state index in [0.29, 0.717) is 11.3 Å². The van der Waals surface area contributed by atoms with Crippen molar-refractivity contribution in [3.63, 3.8) is 0 Å². The molecule has 0 fully saturated rings. The highest BCUT2D eigenvalue weighted by molar-refractivity contribution is 5.98. The van der Waals surface area contributed by atoms with E-state index >= 15 is 0 Å². The molecule has 1 aromatic carbocycles. The normalized spacial score (nSPS) is 19.7. The van der Waals surface area contributed by atoms with Gasteiger partial charge in [-0.05, 0) is 6.07 Å². The van der Waals surface area contributed by atoms with E-state index in [1.807, 2.05) is 6.07 Å².